The van der Waals surface area contributed by atoms with Gasteiger partial charge in [0.15, 0.2) is 5.82 Å². The highest BCUT2D eigenvalue weighted by molar-refractivity contribution is 6.42. The van der Waals surface area contributed by atoms with Crippen molar-refractivity contribution in [2.24, 2.45) is 0 Å². The third kappa shape index (κ3) is 3.97. The molecule has 134 valence electrons. The summed E-state index contributed by atoms with van der Waals surface area (Å²) in [6.45, 7) is 0. The van der Waals surface area contributed by atoms with Crippen LogP contribution in [-0.4, -0.2) is 9.97 Å². The Morgan fingerprint density at radius 2 is 1.44 bits per heavy atom. The van der Waals surface area contributed by atoms with E-state index in [1.807, 2.05) is 30.3 Å². The number of hydrogen-bond donors (Lipinski definition) is 1. The van der Waals surface area contributed by atoms with Crippen LogP contribution in [0.4, 0.5) is 11.5 Å². The van der Waals surface area contributed by atoms with E-state index in [1.165, 1.54) is 0 Å². The minimum absolute atomic E-state index is 0.446. The number of fused-ring (bicyclic) bond motifs is 1. The second kappa shape index (κ2) is 7.53. The Balaban J connectivity index is 1.86. The number of nitrogens with one attached hydrogen (secondary N) is 1. The van der Waals surface area contributed by atoms with Gasteiger partial charge in [-0.2, -0.15) is 0 Å². The van der Waals surface area contributed by atoms with Crippen LogP contribution in [0.2, 0.25) is 20.1 Å². The first kappa shape index (κ1) is 18.3. The molecule has 3 aromatic carbocycles. The largest absolute Gasteiger partial charge is 0.340 e. The standard InChI is InChI=1S/C20H11Cl4N3/c21-12-8-13(22)10-14(9-12)25-20-15-3-1-2-4-18(15)26-19(27-20)11-5-6-16(23)17(24)7-11/h1-10H,(H,25,26,27). The predicted octanol–water partition coefficient (Wildman–Crippen LogP) is 7.65. The van der Waals surface area contributed by atoms with Gasteiger partial charge in [0.05, 0.1) is 15.6 Å². The van der Waals surface area contributed by atoms with Crippen molar-refractivity contribution >= 4 is 68.8 Å². The van der Waals surface area contributed by atoms with Gasteiger partial charge in [0.1, 0.15) is 5.82 Å². The fourth-order valence-corrected chi connectivity index (χ4v) is 3.52. The van der Waals surface area contributed by atoms with E-state index in [0.717, 1.165) is 22.2 Å². The molecule has 0 unspecified atom stereocenters. The second-order valence-corrected chi connectivity index (χ2v) is 7.51. The minimum atomic E-state index is 0.446. The molecule has 27 heavy (non-hydrogen) atoms. The number of para-hydroxylation sites is 1. The normalized spacial score (nSPS) is 11.0. The van der Waals surface area contributed by atoms with Crippen molar-refractivity contribution in [3.8, 4) is 11.4 Å². The average Bonchev–Trinajstić information content (AvgIpc) is 2.63. The fourth-order valence-electron chi connectivity index (χ4n) is 2.70. The van der Waals surface area contributed by atoms with Gasteiger partial charge in [-0.05, 0) is 48.5 Å². The van der Waals surface area contributed by atoms with Crippen molar-refractivity contribution in [2.75, 3.05) is 5.32 Å². The lowest BCUT2D eigenvalue weighted by molar-refractivity contribution is 1.22. The molecule has 0 amide bonds. The van der Waals surface area contributed by atoms with Gasteiger partial charge < -0.3 is 5.32 Å². The number of halogens is 4. The molecule has 0 atom stereocenters. The number of rotatable bonds is 3. The number of anilines is 2. The highest BCUT2D eigenvalue weighted by atomic mass is 35.5. The summed E-state index contributed by atoms with van der Waals surface area (Å²) in [5.41, 5.74) is 2.29. The van der Waals surface area contributed by atoms with Crippen molar-refractivity contribution in [2.45, 2.75) is 0 Å². The summed E-state index contributed by atoms with van der Waals surface area (Å²) >= 11 is 24.4. The summed E-state index contributed by atoms with van der Waals surface area (Å²) in [6.07, 6.45) is 0. The van der Waals surface area contributed by atoms with Crippen LogP contribution in [0.25, 0.3) is 22.3 Å². The Hall–Kier alpha value is -2.04. The molecular weight excluding hydrogens is 424 g/mol. The third-order valence-electron chi connectivity index (χ3n) is 3.91. The van der Waals surface area contributed by atoms with E-state index in [9.17, 15) is 0 Å². The molecule has 0 saturated carbocycles. The highest BCUT2D eigenvalue weighted by Crippen LogP contribution is 2.32. The maximum atomic E-state index is 6.15. The summed E-state index contributed by atoms with van der Waals surface area (Å²) in [7, 11) is 0. The summed E-state index contributed by atoms with van der Waals surface area (Å²) in [6, 6.07) is 18.3. The van der Waals surface area contributed by atoms with E-state index in [2.05, 4.69) is 15.3 Å². The molecule has 3 nitrogen and oxygen atoms in total. The van der Waals surface area contributed by atoms with E-state index in [-0.39, 0.29) is 0 Å². The average molecular weight is 435 g/mol. The molecule has 0 bridgehead atoms. The highest BCUT2D eigenvalue weighted by Gasteiger charge is 2.11. The van der Waals surface area contributed by atoms with Gasteiger partial charge in [0, 0.05) is 26.7 Å². The number of aromatic nitrogens is 2. The molecule has 1 aromatic heterocycles. The maximum absolute atomic E-state index is 6.15. The second-order valence-electron chi connectivity index (χ2n) is 5.82. The van der Waals surface area contributed by atoms with Crippen LogP contribution in [-0.2, 0) is 0 Å². The van der Waals surface area contributed by atoms with Gasteiger partial charge in [0.2, 0.25) is 0 Å². The monoisotopic (exact) mass is 433 g/mol. The van der Waals surface area contributed by atoms with E-state index < -0.39 is 0 Å². The summed E-state index contributed by atoms with van der Waals surface area (Å²) in [5, 5.41) is 6.15. The Bertz CT molecular complexity index is 1140. The zero-order valence-electron chi connectivity index (χ0n) is 13.7. The van der Waals surface area contributed by atoms with E-state index in [1.54, 1.807) is 30.3 Å². The molecule has 0 aliphatic carbocycles. The first-order valence-electron chi connectivity index (χ1n) is 7.95. The Morgan fingerprint density at radius 3 is 2.19 bits per heavy atom. The SMILES string of the molecule is Clc1cc(Cl)cc(Nc2nc(-c3ccc(Cl)c(Cl)c3)nc3ccccc23)c1. The summed E-state index contributed by atoms with van der Waals surface area (Å²) < 4.78 is 0. The van der Waals surface area contributed by atoms with Gasteiger partial charge in [-0.3, -0.25) is 0 Å². The first-order valence-corrected chi connectivity index (χ1v) is 9.46. The number of benzene rings is 3. The molecule has 4 rings (SSSR count). The number of hydrogen-bond acceptors (Lipinski definition) is 3. The molecule has 0 fully saturated rings. The topological polar surface area (TPSA) is 37.8 Å². The van der Waals surface area contributed by atoms with Crippen molar-refractivity contribution in [3.05, 3.63) is 80.8 Å². The lowest BCUT2D eigenvalue weighted by atomic mass is 10.1. The fraction of sp³-hybridized carbons (Fsp3) is 0. The molecule has 0 saturated heterocycles. The molecule has 1 heterocycles. The molecule has 4 aromatic rings. The van der Waals surface area contributed by atoms with Gasteiger partial charge in [-0.15, -0.1) is 0 Å². The van der Waals surface area contributed by atoms with Crippen LogP contribution < -0.4 is 5.32 Å². The summed E-state index contributed by atoms with van der Waals surface area (Å²) in [4.78, 5) is 9.34. The van der Waals surface area contributed by atoms with Crippen LogP contribution in [0, 0.1) is 0 Å². The van der Waals surface area contributed by atoms with E-state index in [0.29, 0.717) is 31.7 Å². The van der Waals surface area contributed by atoms with Gasteiger partial charge >= 0.3 is 0 Å². The van der Waals surface area contributed by atoms with E-state index >= 15 is 0 Å². The maximum Gasteiger partial charge on any atom is 0.162 e. The Kier molecular flexibility index (Phi) is 5.11. The molecule has 7 heteroatoms. The third-order valence-corrected chi connectivity index (χ3v) is 5.08. The molecule has 0 aliphatic heterocycles. The van der Waals surface area contributed by atoms with Crippen LogP contribution >= 0.6 is 46.4 Å². The van der Waals surface area contributed by atoms with Crippen LogP contribution in [0.5, 0.6) is 0 Å². The van der Waals surface area contributed by atoms with Crippen LogP contribution in [0.1, 0.15) is 0 Å². The predicted molar refractivity (Wildman–Crippen MR) is 115 cm³/mol. The Morgan fingerprint density at radius 1 is 0.704 bits per heavy atom. The number of nitrogens with zero attached hydrogens (tertiary/aromatic N) is 2. The van der Waals surface area contributed by atoms with Crippen molar-refractivity contribution in [3.63, 3.8) is 0 Å². The summed E-state index contributed by atoms with van der Waals surface area (Å²) in [5.74, 6) is 1.17. The molecular formula is C20H11Cl4N3. The van der Waals surface area contributed by atoms with Gasteiger partial charge in [-0.1, -0.05) is 58.5 Å². The van der Waals surface area contributed by atoms with Crippen LogP contribution in [0.3, 0.4) is 0 Å². The lowest BCUT2D eigenvalue weighted by Crippen LogP contribution is -1.99. The van der Waals surface area contributed by atoms with Gasteiger partial charge in [-0.25, -0.2) is 9.97 Å². The lowest BCUT2D eigenvalue weighted by Gasteiger charge is -2.12. The molecule has 0 aliphatic rings. The van der Waals surface area contributed by atoms with Crippen molar-refractivity contribution in [1.82, 2.24) is 9.97 Å². The minimum Gasteiger partial charge on any atom is -0.340 e. The van der Waals surface area contributed by atoms with E-state index in [4.69, 9.17) is 46.4 Å². The zero-order chi connectivity index (χ0) is 19.0. The Labute approximate surface area is 175 Å². The first-order chi connectivity index (χ1) is 13.0. The molecule has 0 spiro atoms. The molecule has 1 N–H and O–H groups in total. The zero-order valence-corrected chi connectivity index (χ0v) is 16.7. The quantitative estimate of drug-likeness (QED) is 0.359. The molecule has 0 radical (unpaired) electrons. The van der Waals surface area contributed by atoms with Crippen molar-refractivity contribution < 1.29 is 0 Å². The smallest absolute Gasteiger partial charge is 0.162 e. The van der Waals surface area contributed by atoms with Crippen LogP contribution in [0.15, 0.2) is 60.7 Å². The van der Waals surface area contributed by atoms with Gasteiger partial charge in [0.25, 0.3) is 0 Å². The van der Waals surface area contributed by atoms with Crippen molar-refractivity contribution in [1.29, 1.82) is 0 Å².